The molecule has 7 nitrogen and oxygen atoms in total. The molecule has 0 radical (unpaired) electrons. The molecular formula is C16H23N3O4. The molecule has 7 heteroatoms. The first kappa shape index (κ1) is 17.2. The molecule has 0 aliphatic heterocycles. The minimum atomic E-state index is -0.506. The van der Waals surface area contributed by atoms with Gasteiger partial charge in [0.25, 0.3) is 11.6 Å². The van der Waals surface area contributed by atoms with Gasteiger partial charge in [-0.05, 0) is 31.2 Å². The summed E-state index contributed by atoms with van der Waals surface area (Å²) >= 11 is 0. The Balaban J connectivity index is 2.10. The van der Waals surface area contributed by atoms with Gasteiger partial charge in [0.15, 0.2) is 0 Å². The molecule has 1 aromatic carbocycles. The molecule has 1 aliphatic carbocycles. The third kappa shape index (κ3) is 4.41. The molecule has 1 saturated carbocycles. The second-order valence-electron chi connectivity index (χ2n) is 6.25. The van der Waals surface area contributed by atoms with Gasteiger partial charge in [-0.25, -0.2) is 0 Å². The molecular weight excluding hydrogens is 298 g/mol. The lowest BCUT2D eigenvalue weighted by Crippen LogP contribution is -2.33. The normalized spacial score (nSPS) is 20.8. The highest BCUT2D eigenvalue weighted by molar-refractivity contribution is 6.00. The van der Waals surface area contributed by atoms with Crippen LogP contribution in [0.15, 0.2) is 18.2 Å². The van der Waals surface area contributed by atoms with Crippen molar-refractivity contribution < 1.29 is 14.8 Å². The first-order chi connectivity index (χ1) is 10.9. The molecule has 23 heavy (non-hydrogen) atoms. The van der Waals surface area contributed by atoms with Gasteiger partial charge < -0.3 is 15.3 Å². The summed E-state index contributed by atoms with van der Waals surface area (Å²) in [5.41, 5.74) is 0.825. The van der Waals surface area contributed by atoms with Crippen LogP contribution in [0.5, 0.6) is 0 Å². The van der Waals surface area contributed by atoms with Gasteiger partial charge in [0.1, 0.15) is 0 Å². The van der Waals surface area contributed by atoms with Gasteiger partial charge in [-0.3, -0.25) is 14.9 Å². The van der Waals surface area contributed by atoms with Crippen molar-refractivity contribution in [3.05, 3.63) is 33.9 Å². The van der Waals surface area contributed by atoms with Crippen molar-refractivity contribution in [3.63, 3.8) is 0 Å². The highest BCUT2D eigenvalue weighted by atomic mass is 16.6. The van der Waals surface area contributed by atoms with Gasteiger partial charge in [-0.1, -0.05) is 6.42 Å². The zero-order valence-electron chi connectivity index (χ0n) is 13.5. The van der Waals surface area contributed by atoms with Crippen molar-refractivity contribution in [2.75, 3.05) is 25.5 Å². The predicted octanol–water partition coefficient (Wildman–Crippen LogP) is 1.94. The number of hydrogen-bond acceptors (Lipinski definition) is 5. The first-order valence-electron chi connectivity index (χ1n) is 7.80. The number of nitro groups is 1. The van der Waals surface area contributed by atoms with Crippen LogP contribution >= 0.6 is 0 Å². The van der Waals surface area contributed by atoms with Gasteiger partial charge in [-0.2, -0.15) is 0 Å². The lowest BCUT2D eigenvalue weighted by molar-refractivity contribution is -0.384. The number of hydrogen-bond donors (Lipinski definition) is 2. The quantitative estimate of drug-likeness (QED) is 0.638. The Labute approximate surface area is 135 Å². The summed E-state index contributed by atoms with van der Waals surface area (Å²) < 4.78 is 0. The Bertz CT molecular complexity index is 589. The molecule has 2 atom stereocenters. The van der Waals surface area contributed by atoms with E-state index in [1.807, 2.05) is 0 Å². The van der Waals surface area contributed by atoms with Crippen molar-refractivity contribution in [1.82, 2.24) is 5.32 Å². The fraction of sp³-hybridized carbons (Fsp3) is 0.562. The van der Waals surface area contributed by atoms with E-state index in [4.69, 9.17) is 0 Å². The van der Waals surface area contributed by atoms with Crippen LogP contribution in [-0.4, -0.2) is 42.7 Å². The molecule has 1 aliphatic rings. The summed E-state index contributed by atoms with van der Waals surface area (Å²) in [7, 11) is 3.57. The average molecular weight is 321 g/mol. The monoisotopic (exact) mass is 321 g/mol. The minimum absolute atomic E-state index is 0.103. The zero-order valence-corrected chi connectivity index (χ0v) is 13.5. The second kappa shape index (κ2) is 7.41. The zero-order chi connectivity index (χ0) is 17.0. The number of non-ortho nitro benzene ring substituents is 1. The number of anilines is 1. The van der Waals surface area contributed by atoms with Crippen LogP contribution in [0.1, 0.15) is 36.0 Å². The molecule has 0 spiro atoms. The summed E-state index contributed by atoms with van der Waals surface area (Å²) in [6, 6.07) is 4.28. The summed E-state index contributed by atoms with van der Waals surface area (Å²) in [4.78, 5) is 24.6. The number of nitrogens with zero attached hydrogens (tertiary/aromatic N) is 2. The van der Waals surface area contributed by atoms with Gasteiger partial charge in [0, 0.05) is 38.5 Å². The van der Waals surface area contributed by atoms with E-state index in [0.29, 0.717) is 24.2 Å². The summed E-state index contributed by atoms with van der Waals surface area (Å²) in [6.07, 6.45) is 3.16. The number of nitro benzene ring substituents is 1. The number of carbonyl (C=O) groups is 1. The van der Waals surface area contributed by atoms with Crippen molar-refractivity contribution >= 4 is 17.3 Å². The fourth-order valence-electron chi connectivity index (χ4n) is 2.99. The van der Waals surface area contributed by atoms with E-state index in [0.717, 1.165) is 19.3 Å². The highest BCUT2D eigenvalue weighted by Crippen LogP contribution is 2.26. The summed E-state index contributed by atoms with van der Waals surface area (Å²) in [5, 5.41) is 23.5. The maximum Gasteiger partial charge on any atom is 0.270 e. The Morgan fingerprint density at radius 1 is 1.43 bits per heavy atom. The van der Waals surface area contributed by atoms with Crippen LogP contribution < -0.4 is 10.2 Å². The molecule has 0 aromatic heterocycles. The summed E-state index contributed by atoms with van der Waals surface area (Å²) in [6.45, 7) is 0.478. The predicted molar refractivity (Wildman–Crippen MR) is 87.7 cm³/mol. The highest BCUT2D eigenvalue weighted by Gasteiger charge is 2.22. The van der Waals surface area contributed by atoms with E-state index in [-0.39, 0.29) is 23.6 Å². The average Bonchev–Trinajstić information content (AvgIpc) is 2.52. The Morgan fingerprint density at radius 3 is 2.78 bits per heavy atom. The maximum absolute atomic E-state index is 12.4. The number of carbonyl (C=O) groups excluding carboxylic acids is 1. The van der Waals surface area contributed by atoms with Crippen LogP contribution in [0.4, 0.5) is 11.4 Å². The van der Waals surface area contributed by atoms with Crippen LogP contribution in [0.25, 0.3) is 0 Å². The molecule has 1 aromatic rings. The van der Waals surface area contributed by atoms with E-state index < -0.39 is 4.92 Å². The number of rotatable bonds is 5. The van der Waals surface area contributed by atoms with Crippen LogP contribution in [0.3, 0.4) is 0 Å². The van der Waals surface area contributed by atoms with E-state index >= 15 is 0 Å². The molecule has 2 N–H and O–H groups in total. The topological polar surface area (TPSA) is 95.7 Å². The molecule has 0 heterocycles. The molecule has 2 rings (SSSR count). The Kier molecular flexibility index (Phi) is 5.54. The minimum Gasteiger partial charge on any atom is -0.393 e. The Hall–Kier alpha value is -2.15. The molecule has 0 saturated heterocycles. The molecule has 1 amide bonds. The smallest absolute Gasteiger partial charge is 0.270 e. The van der Waals surface area contributed by atoms with Crippen molar-refractivity contribution in [2.45, 2.75) is 31.8 Å². The van der Waals surface area contributed by atoms with Gasteiger partial charge in [0.05, 0.1) is 16.6 Å². The maximum atomic E-state index is 12.4. The SMILES string of the molecule is CN(C)c1ccc([N+](=O)[O-])cc1C(=O)NCC1CCCC(O)C1. The third-order valence-corrected chi connectivity index (χ3v) is 4.22. The largest absolute Gasteiger partial charge is 0.393 e. The van der Waals surface area contributed by atoms with Crippen LogP contribution in [0.2, 0.25) is 0 Å². The Morgan fingerprint density at radius 2 is 2.17 bits per heavy atom. The number of benzene rings is 1. The lowest BCUT2D eigenvalue weighted by Gasteiger charge is -2.26. The molecule has 1 fully saturated rings. The first-order valence-corrected chi connectivity index (χ1v) is 7.80. The van der Waals surface area contributed by atoms with Gasteiger partial charge >= 0.3 is 0 Å². The number of nitrogens with one attached hydrogen (secondary N) is 1. The van der Waals surface area contributed by atoms with Crippen molar-refractivity contribution in [2.24, 2.45) is 5.92 Å². The van der Waals surface area contributed by atoms with E-state index in [9.17, 15) is 20.0 Å². The standard InChI is InChI=1S/C16H23N3O4/c1-18(2)15-7-6-12(19(22)23)9-14(15)16(21)17-10-11-4-3-5-13(20)8-11/h6-7,9,11,13,20H,3-5,8,10H2,1-2H3,(H,17,21). The van der Waals surface area contributed by atoms with Gasteiger partial charge in [-0.15, -0.1) is 0 Å². The molecule has 2 unspecified atom stereocenters. The van der Waals surface area contributed by atoms with E-state index in [1.54, 1.807) is 25.1 Å². The summed E-state index contributed by atoms with van der Waals surface area (Å²) in [5.74, 6) is -0.0679. The lowest BCUT2D eigenvalue weighted by atomic mass is 9.87. The van der Waals surface area contributed by atoms with Crippen LogP contribution in [0, 0.1) is 16.0 Å². The van der Waals surface area contributed by atoms with Gasteiger partial charge in [0.2, 0.25) is 0 Å². The second-order valence-corrected chi connectivity index (χ2v) is 6.25. The third-order valence-electron chi connectivity index (χ3n) is 4.22. The molecule has 126 valence electrons. The molecule has 0 bridgehead atoms. The van der Waals surface area contributed by atoms with E-state index in [2.05, 4.69) is 5.32 Å². The number of aliphatic hydroxyl groups is 1. The number of aliphatic hydroxyl groups excluding tert-OH is 1. The van der Waals surface area contributed by atoms with Crippen molar-refractivity contribution in [1.29, 1.82) is 0 Å². The van der Waals surface area contributed by atoms with E-state index in [1.165, 1.54) is 12.1 Å². The van der Waals surface area contributed by atoms with Crippen LogP contribution in [-0.2, 0) is 0 Å². The fourth-order valence-corrected chi connectivity index (χ4v) is 2.99. The number of amides is 1. The van der Waals surface area contributed by atoms with Crippen molar-refractivity contribution in [3.8, 4) is 0 Å².